The predicted molar refractivity (Wildman–Crippen MR) is 48.3 cm³/mol. The largest absolute Gasteiger partial charge is 0.329 e. The summed E-state index contributed by atoms with van der Waals surface area (Å²) in [4.78, 5) is 23.9. The molecule has 0 radical (unpaired) electrons. The number of likely N-dealkylation sites (N-methyl/N-ethyl adjacent to an activating group) is 1. The molecule has 0 aromatic rings. The molecule has 1 heterocycles. The number of hydrogen-bond donors (Lipinski definition) is 2. The number of rotatable bonds is 3. The molecule has 0 atom stereocenters. The molecule has 0 bridgehead atoms. The summed E-state index contributed by atoms with van der Waals surface area (Å²) >= 11 is 0. The number of nitrogens with zero attached hydrogens (tertiary/aromatic N) is 1. The lowest BCUT2D eigenvalue weighted by molar-refractivity contribution is -0.128. The van der Waals surface area contributed by atoms with Crippen molar-refractivity contribution in [2.24, 2.45) is 0 Å². The van der Waals surface area contributed by atoms with Crippen molar-refractivity contribution in [3.63, 3.8) is 0 Å². The van der Waals surface area contributed by atoms with Crippen molar-refractivity contribution in [1.29, 1.82) is 0 Å². The maximum absolute atomic E-state index is 11.3. The summed E-state index contributed by atoms with van der Waals surface area (Å²) in [6.45, 7) is 4.41. The van der Waals surface area contributed by atoms with Gasteiger partial charge >= 0.3 is 6.03 Å². The van der Waals surface area contributed by atoms with E-state index < -0.39 is 5.54 Å². The number of amides is 3. The van der Waals surface area contributed by atoms with Gasteiger partial charge in [0.25, 0.3) is 5.91 Å². The highest BCUT2D eigenvalue weighted by Gasteiger charge is 2.39. The van der Waals surface area contributed by atoms with Crippen LogP contribution in [0.2, 0.25) is 0 Å². The van der Waals surface area contributed by atoms with E-state index in [0.29, 0.717) is 6.54 Å². The SMILES string of the molecule is CNCC(C)(C)N1C(=O)CNC1=O. The number of hydrogen-bond acceptors (Lipinski definition) is 3. The van der Waals surface area contributed by atoms with E-state index in [-0.39, 0.29) is 18.5 Å². The van der Waals surface area contributed by atoms with Gasteiger partial charge in [-0.3, -0.25) is 9.69 Å². The van der Waals surface area contributed by atoms with Gasteiger partial charge in [0, 0.05) is 6.54 Å². The molecule has 0 aromatic carbocycles. The minimum absolute atomic E-state index is 0.117. The second-order valence-corrected chi connectivity index (χ2v) is 3.73. The van der Waals surface area contributed by atoms with Crippen molar-refractivity contribution in [2.75, 3.05) is 20.1 Å². The van der Waals surface area contributed by atoms with E-state index in [1.54, 1.807) is 7.05 Å². The quantitative estimate of drug-likeness (QED) is 0.585. The lowest BCUT2D eigenvalue weighted by atomic mass is 10.0. The van der Waals surface area contributed by atoms with Crippen LogP contribution in [0.1, 0.15) is 13.8 Å². The first kappa shape index (κ1) is 9.98. The Morgan fingerprint density at radius 1 is 1.54 bits per heavy atom. The van der Waals surface area contributed by atoms with Crippen molar-refractivity contribution in [2.45, 2.75) is 19.4 Å². The first-order valence-corrected chi connectivity index (χ1v) is 4.24. The Kier molecular flexibility index (Phi) is 2.56. The molecule has 3 amide bonds. The third kappa shape index (κ3) is 1.80. The van der Waals surface area contributed by atoms with E-state index in [4.69, 9.17) is 0 Å². The second kappa shape index (κ2) is 3.33. The lowest BCUT2D eigenvalue weighted by Crippen LogP contribution is -2.53. The molecule has 0 unspecified atom stereocenters. The summed E-state index contributed by atoms with van der Waals surface area (Å²) in [5.74, 6) is -0.162. The third-order valence-electron chi connectivity index (χ3n) is 2.06. The minimum Gasteiger partial charge on any atom is -0.329 e. The zero-order valence-electron chi connectivity index (χ0n) is 8.18. The average Bonchev–Trinajstić information content (AvgIpc) is 2.31. The zero-order chi connectivity index (χ0) is 10.1. The molecule has 0 spiro atoms. The molecule has 1 aliphatic heterocycles. The third-order valence-corrected chi connectivity index (χ3v) is 2.06. The molecule has 1 fully saturated rings. The Hall–Kier alpha value is -1.10. The first-order valence-electron chi connectivity index (χ1n) is 4.24. The summed E-state index contributed by atoms with van der Waals surface area (Å²) in [5, 5.41) is 5.45. The standard InChI is InChI=1S/C8H15N3O2/c1-8(2,5-9-3)11-6(12)4-10-7(11)13/h9H,4-5H2,1-3H3,(H,10,13). The molecule has 2 N–H and O–H groups in total. The molecule has 5 nitrogen and oxygen atoms in total. The van der Waals surface area contributed by atoms with Gasteiger partial charge in [-0.1, -0.05) is 0 Å². The Balaban J connectivity index is 2.79. The van der Waals surface area contributed by atoms with Crippen LogP contribution in [0.25, 0.3) is 0 Å². The molecule has 0 aromatic heterocycles. The Morgan fingerprint density at radius 2 is 2.15 bits per heavy atom. The van der Waals surface area contributed by atoms with Gasteiger partial charge in [-0.05, 0) is 20.9 Å². The second-order valence-electron chi connectivity index (χ2n) is 3.73. The van der Waals surface area contributed by atoms with Gasteiger partial charge in [0.05, 0.1) is 12.1 Å². The minimum atomic E-state index is -0.466. The van der Waals surface area contributed by atoms with E-state index in [0.717, 1.165) is 0 Å². The van der Waals surface area contributed by atoms with Crippen LogP contribution < -0.4 is 10.6 Å². The van der Waals surface area contributed by atoms with Gasteiger partial charge in [-0.2, -0.15) is 0 Å². The van der Waals surface area contributed by atoms with E-state index in [2.05, 4.69) is 10.6 Å². The highest BCUT2D eigenvalue weighted by molar-refractivity contribution is 6.02. The van der Waals surface area contributed by atoms with Gasteiger partial charge in [0.15, 0.2) is 0 Å². The lowest BCUT2D eigenvalue weighted by Gasteiger charge is -2.32. The fourth-order valence-corrected chi connectivity index (χ4v) is 1.55. The monoisotopic (exact) mass is 185 g/mol. The van der Waals surface area contributed by atoms with Gasteiger partial charge in [-0.25, -0.2) is 4.79 Å². The molecular weight excluding hydrogens is 170 g/mol. The smallest absolute Gasteiger partial charge is 0.325 e. The van der Waals surface area contributed by atoms with Crippen LogP contribution in [0.5, 0.6) is 0 Å². The highest BCUT2D eigenvalue weighted by atomic mass is 16.2. The molecule has 74 valence electrons. The van der Waals surface area contributed by atoms with Crippen molar-refractivity contribution in [3.8, 4) is 0 Å². The van der Waals surface area contributed by atoms with Crippen molar-refractivity contribution in [1.82, 2.24) is 15.5 Å². The van der Waals surface area contributed by atoms with Crippen LogP contribution >= 0.6 is 0 Å². The average molecular weight is 185 g/mol. The zero-order valence-corrected chi connectivity index (χ0v) is 8.18. The number of carbonyl (C=O) groups is 2. The van der Waals surface area contributed by atoms with E-state index >= 15 is 0 Å². The molecule has 1 aliphatic rings. The number of urea groups is 1. The molecule has 13 heavy (non-hydrogen) atoms. The van der Waals surface area contributed by atoms with Crippen molar-refractivity contribution >= 4 is 11.9 Å². The number of carbonyl (C=O) groups excluding carboxylic acids is 2. The van der Waals surface area contributed by atoms with Crippen LogP contribution in [-0.2, 0) is 4.79 Å². The van der Waals surface area contributed by atoms with E-state index in [1.165, 1.54) is 4.90 Å². The fourth-order valence-electron chi connectivity index (χ4n) is 1.55. The van der Waals surface area contributed by atoms with E-state index in [1.807, 2.05) is 13.8 Å². The van der Waals surface area contributed by atoms with Gasteiger partial charge < -0.3 is 10.6 Å². The molecule has 5 heteroatoms. The Morgan fingerprint density at radius 3 is 2.54 bits per heavy atom. The van der Waals surface area contributed by atoms with Crippen LogP contribution in [0.3, 0.4) is 0 Å². The topological polar surface area (TPSA) is 61.4 Å². The summed E-state index contributed by atoms with van der Waals surface area (Å²) in [5.41, 5.74) is -0.466. The van der Waals surface area contributed by atoms with Crippen LogP contribution in [0, 0.1) is 0 Å². The molecule has 0 aliphatic carbocycles. The van der Waals surface area contributed by atoms with Gasteiger partial charge in [-0.15, -0.1) is 0 Å². The normalized spacial score (nSPS) is 17.9. The number of imide groups is 1. The van der Waals surface area contributed by atoms with Crippen LogP contribution in [0.4, 0.5) is 4.79 Å². The molecule has 1 rings (SSSR count). The van der Waals surface area contributed by atoms with Crippen molar-refractivity contribution < 1.29 is 9.59 Å². The molecular formula is C8H15N3O2. The van der Waals surface area contributed by atoms with Gasteiger partial charge in [0.1, 0.15) is 0 Å². The molecule has 1 saturated heterocycles. The number of nitrogens with one attached hydrogen (secondary N) is 2. The van der Waals surface area contributed by atoms with E-state index in [9.17, 15) is 9.59 Å². The van der Waals surface area contributed by atoms with Crippen molar-refractivity contribution in [3.05, 3.63) is 0 Å². The van der Waals surface area contributed by atoms with Gasteiger partial charge in [0.2, 0.25) is 0 Å². The highest BCUT2D eigenvalue weighted by Crippen LogP contribution is 2.16. The predicted octanol–water partition coefficient (Wildman–Crippen LogP) is -0.464. The maximum atomic E-state index is 11.3. The summed E-state index contributed by atoms with van der Waals surface area (Å²) in [6.07, 6.45) is 0. The maximum Gasteiger partial charge on any atom is 0.325 e. The summed E-state index contributed by atoms with van der Waals surface area (Å²) in [6, 6.07) is -0.301. The fraction of sp³-hybridized carbons (Fsp3) is 0.750. The van der Waals surface area contributed by atoms with Crippen LogP contribution in [-0.4, -0.2) is 42.5 Å². The Bertz CT molecular complexity index is 222. The summed E-state index contributed by atoms with van der Waals surface area (Å²) in [7, 11) is 1.79. The Labute approximate surface area is 77.5 Å². The summed E-state index contributed by atoms with van der Waals surface area (Å²) < 4.78 is 0. The molecule has 0 saturated carbocycles. The first-order chi connectivity index (χ1) is 5.99. The van der Waals surface area contributed by atoms with Crippen LogP contribution in [0.15, 0.2) is 0 Å².